The van der Waals surface area contributed by atoms with Crippen molar-refractivity contribution in [2.75, 3.05) is 20.1 Å². The minimum absolute atomic E-state index is 0.172. The van der Waals surface area contributed by atoms with Crippen LogP contribution in [-0.4, -0.2) is 36.0 Å². The standard InChI is InChI=1S/C15H24BrN3O2/c1-12(2)18(3)9-5-4-8-17-11-13-10-14(16)6-7-15(13)19(20)21/h6-7,10,12,17H,4-5,8-9,11H2,1-3H3. The Hall–Kier alpha value is -0.980. The van der Waals surface area contributed by atoms with Gasteiger partial charge in [0.05, 0.1) is 4.92 Å². The molecule has 0 fully saturated rings. The summed E-state index contributed by atoms with van der Waals surface area (Å²) in [5.41, 5.74) is 0.888. The smallest absolute Gasteiger partial charge is 0.273 e. The van der Waals surface area contributed by atoms with Gasteiger partial charge in [-0.25, -0.2) is 0 Å². The van der Waals surface area contributed by atoms with Crippen LogP contribution in [0.25, 0.3) is 0 Å². The number of benzene rings is 1. The molecule has 0 saturated heterocycles. The normalized spacial score (nSPS) is 11.3. The molecule has 6 heteroatoms. The average molecular weight is 358 g/mol. The van der Waals surface area contributed by atoms with Crippen LogP contribution in [0, 0.1) is 10.1 Å². The van der Waals surface area contributed by atoms with Crippen molar-refractivity contribution < 1.29 is 4.92 Å². The molecule has 1 aromatic rings. The summed E-state index contributed by atoms with van der Waals surface area (Å²) in [6.07, 6.45) is 2.20. The average Bonchev–Trinajstić information content (AvgIpc) is 2.41. The molecular formula is C15H24BrN3O2. The highest BCUT2D eigenvalue weighted by Gasteiger charge is 2.13. The van der Waals surface area contributed by atoms with Crippen molar-refractivity contribution in [3.63, 3.8) is 0 Å². The molecule has 0 amide bonds. The summed E-state index contributed by atoms with van der Waals surface area (Å²) >= 11 is 3.35. The van der Waals surface area contributed by atoms with Gasteiger partial charge in [-0.05, 0) is 59.0 Å². The van der Waals surface area contributed by atoms with E-state index in [4.69, 9.17) is 0 Å². The third-order valence-corrected chi connectivity index (χ3v) is 4.04. The Kier molecular flexibility index (Phi) is 7.85. The van der Waals surface area contributed by atoms with Crippen LogP contribution < -0.4 is 5.32 Å². The summed E-state index contributed by atoms with van der Waals surface area (Å²) in [5.74, 6) is 0. The van der Waals surface area contributed by atoms with Crippen LogP contribution in [0.1, 0.15) is 32.3 Å². The van der Waals surface area contributed by atoms with Gasteiger partial charge in [-0.15, -0.1) is 0 Å². The number of nitrogens with one attached hydrogen (secondary N) is 1. The number of nitrogens with zero attached hydrogens (tertiary/aromatic N) is 2. The summed E-state index contributed by atoms with van der Waals surface area (Å²) in [7, 11) is 2.13. The van der Waals surface area contributed by atoms with Gasteiger partial charge in [0.15, 0.2) is 0 Å². The van der Waals surface area contributed by atoms with Gasteiger partial charge >= 0.3 is 0 Å². The lowest BCUT2D eigenvalue weighted by molar-refractivity contribution is -0.385. The van der Waals surface area contributed by atoms with Crippen LogP contribution >= 0.6 is 15.9 Å². The molecule has 0 heterocycles. The predicted octanol–water partition coefficient (Wildman–Crippen LogP) is 3.57. The predicted molar refractivity (Wildman–Crippen MR) is 89.5 cm³/mol. The van der Waals surface area contributed by atoms with Gasteiger partial charge in [0.25, 0.3) is 5.69 Å². The second-order valence-electron chi connectivity index (χ2n) is 5.49. The molecular weight excluding hydrogens is 334 g/mol. The van der Waals surface area contributed by atoms with Crippen molar-refractivity contribution in [2.24, 2.45) is 0 Å². The second-order valence-corrected chi connectivity index (χ2v) is 6.40. The summed E-state index contributed by atoms with van der Waals surface area (Å²) in [5, 5.41) is 14.2. The minimum atomic E-state index is -0.332. The van der Waals surface area contributed by atoms with Crippen molar-refractivity contribution in [1.29, 1.82) is 0 Å². The molecule has 5 nitrogen and oxygen atoms in total. The number of halogens is 1. The summed E-state index contributed by atoms with van der Waals surface area (Å²) in [6.45, 7) is 6.84. The molecule has 0 saturated carbocycles. The fourth-order valence-corrected chi connectivity index (χ4v) is 2.37. The maximum Gasteiger partial charge on any atom is 0.273 e. The summed E-state index contributed by atoms with van der Waals surface area (Å²) < 4.78 is 0.864. The van der Waals surface area contributed by atoms with E-state index in [0.29, 0.717) is 18.2 Å². The molecule has 118 valence electrons. The van der Waals surface area contributed by atoms with E-state index in [2.05, 4.69) is 47.0 Å². The van der Waals surface area contributed by atoms with Crippen LogP contribution in [0.5, 0.6) is 0 Å². The topological polar surface area (TPSA) is 58.4 Å². The molecule has 0 bridgehead atoms. The van der Waals surface area contributed by atoms with E-state index in [0.717, 1.165) is 30.4 Å². The summed E-state index contributed by atoms with van der Waals surface area (Å²) in [4.78, 5) is 13.0. The quantitative estimate of drug-likeness (QED) is 0.417. The molecule has 1 rings (SSSR count). The van der Waals surface area contributed by atoms with E-state index in [1.165, 1.54) is 0 Å². The minimum Gasteiger partial charge on any atom is -0.312 e. The zero-order valence-electron chi connectivity index (χ0n) is 12.9. The Morgan fingerprint density at radius 3 is 2.71 bits per heavy atom. The van der Waals surface area contributed by atoms with Gasteiger partial charge in [-0.1, -0.05) is 15.9 Å². The first-order chi connectivity index (χ1) is 9.91. The van der Waals surface area contributed by atoms with Crippen LogP contribution in [0.15, 0.2) is 22.7 Å². The van der Waals surface area contributed by atoms with Crippen molar-refractivity contribution in [3.05, 3.63) is 38.3 Å². The van der Waals surface area contributed by atoms with E-state index >= 15 is 0 Å². The van der Waals surface area contributed by atoms with Crippen molar-refractivity contribution in [3.8, 4) is 0 Å². The number of nitro benzene ring substituents is 1. The fraction of sp³-hybridized carbons (Fsp3) is 0.600. The Morgan fingerprint density at radius 2 is 2.10 bits per heavy atom. The second kappa shape index (κ2) is 9.12. The van der Waals surface area contributed by atoms with Gasteiger partial charge < -0.3 is 10.2 Å². The lowest BCUT2D eigenvalue weighted by atomic mass is 10.2. The zero-order valence-corrected chi connectivity index (χ0v) is 14.5. The first kappa shape index (κ1) is 18.1. The molecule has 0 aromatic heterocycles. The maximum atomic E-state index is 11.0. The van der Waals surface area contributed by atoms with Crippen molar-refractivity contribution in [1.82, 2.24) is 10.2 Å². The van der Waals surface area contributed by atoms with Crippen LogP contribution in [0.2, 0.25) is 0 Å². The Bertz CT molecular complexity index is 466. The lowest BCUT2D eigenvalue weighted by Crippen LogP contribution is -2.27. The molecule has 0 unspecified atom stereocenters. The maximum absolute atomic E-state index is 11.0. The number of nitro groups is 1. The number of hydrogen-bond acceptors (Lipinski definition) is 4. The van der Waals surface area contributed by atoms with E-state index < -0.39 is 0 Å². The number of rotatable bonds is 9. The molecule has 0 aliphatic carbocycles. The van der Waals surface area contributed by atoms with Crippen LogP contribution in [-0.2, 0) is 6.54 Å². The Morgan fingerprint density at radius 1 is 1.38 bits per heavy atom. The lowest BCUT2D eigenvalue weighted by Gasteiger charge is -2.20. The first-order valence-electron chi connectivity index (χ1n) is 7.25. The van der Waals surface area contributed by atoms with Crippen molar-refractivity contribution in [2.45, 2.75) is 39.3 Å². The molecule has 1 N–H and O–H groups in total. The van der Waals surface area contributed by atoms with Gasteiger partial charge in [-0.2, -0.15) is 0 Å². The molecule has 0 aliphatic rings. The third-order valence-electron chi connectivity index (χ3n) is 3.55. The van der Waals surface area contributed by atoms with Gasteiger partial charge in [0.2, 0.25) is 0 Å². The van der Waals surface area contributed by atoms with E-state index in [1.54, 1.807) is 18.2 Å². The molecule has 0 spiro atoms. The van der Waals surface area contributed by atoms with Gasteiger partial charge in [-0.3, -0.25) is 10.1 Å². The highest BCUT2D eigenvalue weighted by molar-refractivity contribution is 9.10. The molecule has 21 heavy (non-hydrogen) atoms. The molecule has 1 aromatic carbocycles. The molecule has 0 atom stereocenters. The fourth-order valence-electron chi connectivity index (χ4n) is 1.97. The Labute approximate surface area is 135 Å². The first-order valence-corrected chi connectivity index (χ1v) is 8.05. The van der Waals surface area contributed by atoms with Gasteiger partial charge in [0, 0.05) is 28.7 Å². The molecule has 0 aliphatic heterocycles. The highest BCUT2D eigenvalue weighted by atomic mass is 79.9. The SMILES string of the molecule is CC(C)N(C)CCCCNCc1cc(Br)ccc1[N+](=O)[O-]. The van der Waals surface area contributed by atoms with Crippen LogP contribution in [0.4, 0.5) is 5.69 Å². The largest absolute Gasteiger partial charge is 0.312 e. The highest BCUT2D eigenvalue weighted by Crippen LogP contribution is 2.22. The monoisotopic (exact) mass is 357 g/mol. The van der Waals surface area contributed by atoms with E-state index in [1.807, 2.05) is 0 Å². The Balaban J connectivity index is 2.33. The van der Waals surface area contributed by atoms with Crippen molar-refractivity contribution >= 4 is 21.6 Å². The zero-order chi connectivity index (χ0) is 15.8. The van der Waals surface area contributed by atoms with Crippen LogP contribution in [0.3, 0.4) is 0 Å². The third kappa shape index (κ3) is 6.54. The molecule has 0 radical (unpaired) electrons. The van der Waals surface area contributed by atoms with E-state index in [-0.39, 0.29) is 10.6 Å². The summed E-state index contributed by atoms with van der Waals surface area (Å²) in [6, 6.07) is 5.61. The van der Waals surface area contributed by atoms with E-state index in [9.17, 15) is 10.1 Å². The van der Waals surface area contributed by atoms with Gasteiger partial charge in [0.1, 0.15) is 0 Å². The number of unbranched alkanes of at least 4 members (excludes halogenated alkanes) is 1. The number of hydrogen-bond donors (Lipinski definition) is 1.